The molecule has 1 aliphatic carbocycles. The molecule has 0 unspecified atom stereocenters. The van der Waals surface area contributed by atoms with E-state index in [1.165, 1.54) is 5.34 Å². The fourth-order valence-corrected chi connectivity index (χ4v) is 2.54. The van der Waals surface area contributed by atoms with Crippen LogP contribution in [0.5, 0.6) is 5.88 Å². The number of aromatic nitrogens is 1. The molecule has 0 aliphatic heterocycles. The number of aryl methyl sites for hydroxylation is 1. The van der Waals surface area contributed by atoms with Gasteiger partial charge in [-0.25, -0.2) is 9.78 Å². The van der Waals surface area contributed by atoms with Crippen LogP contribution in [0.4, 0.5) is 0 Å². The van der Waals surface area contributed by atoms with Gasteiger partial charge in [0.15, 0.2) is 5.34 Å². The molecule has 1 aromatic heterocycles. The molecule has 0 atom stereocenters. The van der Waals surface area contributed by atoms with Crippen molar-refractivity contribution < 1.29 is 19.8 Å². The van der Waals surface area contributed by atoms with Gasteiger partial charge in [-0.1, -0.05) is 13.3 Å². The molecule has 1 saturated carbocycles. The Balaban J connectivity index is 0.000000745. The maximum atomic E-state index is 11.5. The second-order valence-electron chi connectivity index (χ2n) is 5.16. The number of rotatable bonds is 6. The predicted molar refractivity (Wildman–Crippen MR) is 80.3 cm³/mol. The van der Waals surface area contributed by atoms with Crippen LogP contribution in [0.1, 0.15) is 61.4 Å². The van der Waals surface area contributed by atoms with Crippen molar-refractivity contribution in [2.24, 2.45) is 5.34 Å². The number of nitrogens with zero attached hydrogens (tertiary/aromatic N) is 2. The summed E-state index contributed by atoms with van der Waals surface area (Å²) in [4.78, 5) is 23.7. The summed E-state index contributed by atoms with van der Waals surface area (Å²) in [7, 11) is 0. The van der Waals surface area contributed by atoms with Gasteiger partial charge in [-0.3, -0.25) is 0 Å². The molecule has 7 heteroatoms. The van der Waals surface area contributed by atoms with E-state index in [1.807, 2.05) is 0 Å². The van der Waals surface area contributed by atoms with E-state index in [0.29, 0.717) is 5.88 Å². The second kappa shape index (κ2) is 9.70. The van der Waals surface area contributed by atoms with Crippen molar-refractivity contribution in [1.82, 2.24) is 4.98 Å². The molecule has 22 heavy (non-hydrogen) atoms. The highest BCUT2D eigenvalue weighted by atomic mass is 16.6. The van der Waals surface area contributed by atoms with Crippen LogP contribution in [0.15, 0.2) is 17.6 Å². The fraction of sp³-hybridized carbons (Fsp3) is 0.600. The molecule has 1 heterocycles. The van der Waals surface area contributed by atoms with Crippen molar-refractivity contribution in [3.8, 4) is 5.88 Å². The molecule has 0 amide bonds. The number of carboxylic acids is 1. The van der Waals surface area contributed by atoms with Crippen LogP contribution in [0.25, 0.3) is 0 Å². The highest BCUT2D eigenvalue weighted by molar-refractivity contribution is 5.91. The van der Waals surface area contributed by atoms with Crippen molar-refractivity contribution in [3.05, 3.63) is 28.3 Å². The Kier molecular flexibility index (Phi) is 7.88. The van der Waals surface area contributed by atoms with Crippen LogP contribution < -0.4 is 4.74 Å². The van der Waals surface area contributed by atoms with Gasteiger partial charge in [-0.15, -0.1) is 4.91 Å². The minimum absolute atomic E-state index is 0.132. The number of pyridine rings is 1. The Morgan fingerprint density at radius 1 is 1.45 bits per heavy atom. The molecule has 1 fully saturated rings. The number of carboxylic acid groups (broad SMARTS) is 1. The van der Waals surface area contributed by atoms with E-state index in [9.17, 15) is 9.90 Å². The van der Waals surface area contributed by atoms with Gasteiger partial charge in [0.2, 0.25) is 5.88 Å². The average Bonchev–Trinajstić information content (AvgIpc) is 2.98. The largest absolute Gasteiger partial charge is 0.477 e. The molecule has 1 aromatic rings. The van der Waals surface area contributed by atoms with Crippen molar-refractivity contribution in [2.45, 2.75) is 58.0 Å². The third kappa shape index (κ3) is 5.31. The maximum Gasteiger partial charge on any atom is 0.341 e. The summed E-state index contributed by atoms with van der Waals surface area (Å²) in [6, 6.07) is 1.79. The lowest BCUT2D eigenvalue weighted by molar-refractivity contribution is 0.0686. The van der Waals surface area contributed by atoms with E-state index in [0.717, 1.165) is 50.5 Å². The Morgan fingerprint density at radius 3 is 2.64 bits per heavy atom. The van der Waals surface area contributed by atoms with E-state index in [2.05, 4.69) is 11.9 Å². The highest BCUT2D eigenvalue weighted by Gasteiger charge is 2.23. The lowest BCUT2D eigenvalue weighted by Crippen LogP contribution is -2.16. The number of aromatic carboxylic acids is 1. The van der Waals surface area contributed by atoms with Crippen LogP contribution in [0, 0.1) is 4.91 Å². The minimum Gasteiger partial charge on any atom is -0.477 e. The molecule has 7 nitrogen and oxygen atoms in total. The molecule has 0 bridgehead atoms. The summed E-state index contributed by atoms with van der Waals surface area (Å²) in [5.41, 5.74) is 1.08. The van der Waals surface area contributed by atoms with E-state index in [4.69, 9.17) is 14.9 Å². The van der Waals surface area contributed by atoms with Crippen LogP contribution in [-0.4, -0.2) is 27.4 Å². The standard InChI is InChI=1S/C15H21NO3.HNO2/c1-2-3-6-11-9-10-16-14(13(11)15(17)18)19-12-7-4-5-8-12;2-1-3/h9-10,12H,2-8H2,1H3,(H,17,18);(H,2,3). The van der Waals surface area contributed by atoms with Gasteiger partial charge < -0.3 is 15.1 Å². The molecule has 0 spiro atoms. The Morgan fingerprint density at radius 2 is 2.09 bits per heavy atom. The number of hydrogen-bond acceptors (Lipinski definition) is 5. The topological polar surface area (TPSA) is 109 Å². The number of ether oxygens (including phenoxy) is 1. The van der Waals surface area contributed by atoms with Crippen LogP contribution in [0.3, 0.4) is 0 Å². The molecule has 0 radical (unpaired) electrons. The Hall–Kier alpha value is -2.18. The number of unbranched alkanes of at least 4 members (excludes halogenated alkanes) is 1. The van der Waals surface area contributed by atoms with Gasteiger partial charge in [-0.05, 0) is 50.2 Å². The smallest absolute Gasteiger partial charge is 0.341 e. The monoisotopic (exact) mass is 310 g/mol. The summed E-state index contributed by atoms with van der Waals surface area (Å²) in [6.07, 6.45) is 8.88. The van der Waals surface area contributed by atoms with Crippen LogP contribution in [0.2, 0.25) is 0 Å². The Bertz CT molecular complexity index is 487. The molecule has 1 aliphatic rings. The Labute approximate surface area is 129 Å². The summed E-state index contributed by atoms with van der Waals surface area (Å²) >= 11 is 0. The summed E-state index contributed by atoms with van der Waals surface area (Å²) in [5.74, 6) is -0.639. The molecule has 0 aromatic carbocycles. The van der Waals surface area contributed by atoms with Gasteiger partial charge in [-0.2, -0.15) is 0 Å². The van der Waals surface area contributed by atoms with Gasteiger partial charge >= 0.3 is 5.97 Å². The average molecular weight is 310 g/mol. The van der Waals surface area contributed by atoms with Crippen molar-refractivity contribution in [1.29, 1.82) is 0 Å². The highest BCUT2D eigenvalue weighted by Crippen LogP contribution is 2.27. The van der Waals surface area contributed by atoms with Gasteiger partial charge in [0.1, 0.15) is 11.7 Å². The van der Waals surface area contributed by atoms with E-state index < -0.39 is 5.97 Å². The third-order valence-corrected chi connectivity index (χ3v) is 3.60. The first-order valence-corrected chi connectivity index (χ1v) is 7.48. The number of hydrogen-bond donors (Lipinski definition) is 2. The first-order valence-electron chi connectivity index (χ1n) is 7.48. The second-order valence-corrected chi connectivity index (χ2v) is 5.16. The van der Waals surface area contributed by atoms with Gasteiger partial charge in [0.05, 0.1) is 0 Å². The third-order valence-electron chi connectivity index (χ3n) is 3.60. The van der Waals surface area contributed by atoms with Crippen molar-refractivity contribution >= 4 is 5.97 Å². The lowest BCUT2D eigenvalue weighted by Gasteiger charge is -2.15. The molecule has 0 saturated heterocycles. The normalized spacial score (nSPS) is 14.0. The quantitative estimate of drug-likeness (QED) is 0.614. The molecular weight excluding hydrogens is 288 g/mol. The first kappa shape index (κ1) is 17.9. The zero-order valence-corrected chi connectivity index (χ0v) is 12.7. The molecule has 122 valence electrons. The first-order chi connectivity index (χ1) is 10.6. The maximum absolute atomic E-state index is 11.5. The summed E-state index contributed by atoms with van der Waals surface area (Å²) in [5, 5.41) is 17.3. The van der Waals surface area contributed by atoms with E-state index >= 15 is 0 Å². The van der Waals surface area contributed by atoms with Crippen molar-refractivity contribution in [3.63, 3.8) is 0 Å². The summed E-state index contributed by atoms with van der Waals surface area (Å²) in [6.45, 7) is 2.09. The fourth-order valence-electron chi connectivity index (χ4n) is 2.54. The van der Waals surface area contributed by atoms with Gasteiger partial charge in [0.25, 0.3) is 0 Å². The number of carbonyl (C=O) groups is 1. The van der Waals surface area contributed by atoms with E-state index in [-0.39, 0.29) is 11.7 Å². The zero-order valence-electron chi connectivity index (χ0n) is 12.7. The SMILES string of the molecule is CCCCc1ccnc(OC2CCCC2)c1C(=O)O.O=NO. The van der Waals surface area contributed by atoms with Gasteiger partial charge in [0, 0.05) is 6.20 Å². The van der Waals surface area contributed by atoms with E-state index in [1.54, 1.807) is 12.3 Å². The summed E-state index contributed by atoms with van der Waals surface area (Å²) < 4.78 is 5.80. The molecule has 2 N–H and O–H groups in total. The predicted octanol–water partition coefficient (Wildman–Crippen LogP) is 3.59. The van der Waals surface area contributed by atoms with Crippen LogP contribution in [-0.2, 0) is 6.42 Å². The minimum atomic E-state index is -0.938. The molecule has 2 rings (SSSR count). The van der Waals surface area contributed by atoms with Crippen molar-refractivity contribution in [2.75, 3.05) is 0 Å². The molecular formula is C15H22N2O5. The van der Waals surface area contributed by atoms with Crippen LogP contribution >= 0.6 is 0 Å². The lowest BCUT2D eigenvalue weighted by atomic mass is 10.0. The zero-order chi connectivity index (χ0) is 16.4.